The molecule has 2 aromatic heterocycles. The van der Waals surface area contributed by atoms with Crippen molar-refractivity contribution >= 4 is 46.3 Å². The largest absolute Gasteiger partial charge is 0.495 e. The summed E-state index contributed by atoms with van der Waals surface area (Å²) >= 11 is 9.01. The number of halogens is 1. The lowest BCUT2D eigenvalue weighted by molar-refractivity contribution is -0.113. The number of hydrogen-bond acceptors (Lipinski definition) is 6. The van der Waals surface area contributed by atoms with Crippen molar-refractivity contribution in [3.8, 4) is 5.75 Å². The SMILES string of the molecule is C=CCn1c(Cc2cccs2)nnc1SCC(=O)Nc1cc(Cl)ccc1OC. The molecule has 0 aliphatic carbocycles. The number of methoxy groups -OCH3 is 1. The average Bonchev–Trinajstić information content (AvgIpc) is 3.32. The number of amides is 1. The van der Waals surface area contributed by atoms with E-state index in [9.17, 15) is 4.79 Å². The van der Waals surface area contributed by atoms with Gasteiger partial charge in [-0.2, -0.15) is 0 Å². The van der Waals surface area contributed by atoms with Gasteiger partial charge in [0.2, 0.25) is 5.91 Å². The Bertz CT molecular complexity index is 957. The molecule has 0 aliphatic heterocycles. The summed E-state index contributed by atoms with van der Waals surface area (Å²) in [5.74, 6) is 1.40. The van der Waals surface area contributed by atoms with Crippen LogP contribution in [-0.2, 0) is 17.8 Å². The lowest BCUT2D eigenvalue weighted by atomic mass is 10.3. The number of nitrogens with zero attached hydrogens (tertiary/aromatic N) is 3. The lowest BCUT2D eigenvalue weighted by Gasteiger charge is -2.11. The van der Waals surface area contributed by atoms with Crippen LogP contribution in [0.15, 0.2) is 53.5 Å². The predicted molar refractivity (Wildman–Crippen MR) is 115 cm³/mol. The van der Waals surface area contributed by atoms with Crippen molar-refractivity contribution < 1.29 is 9.53 Å². The third kappa shape index (κ3) is 5.15. The van der Waals surface area contributed by atoms with Crippen molar-refractivity contribution in [1.29, 1.82) is 0 Å². The number of benzene rings is 1. The van der Waals surface area contributed by atoms with Crippen molar-refractivity contribution in [2.24, 2.45) is 0 Å². The fourth-order valence-electron chi connectivity index (χ4n) is 2.53. The molecular weight excluding hydrogens is 416 g/mol. The lowest BCUT2D eigenvalue weighted by Crippen LogP contribution is -2.15. The van der Waals surface area contributed by atoms with Crippen LogP contribution in [0.1, 0.15) is 10.7 Å². The van der Waals surface area contributed by atoms with Gasteiger partial charge in [0.1, 0.15) is 11.6 Å². The second kappa shape index (κ2) is 9.77. The highest BCUT2D eigenvalue weighted by atomic mass is 35.5. The van der Waals surface area contributed by atoms with Crippen LogP contribution in [0, 0.1) is 0 Å². The molecule has 1 N–H and O–H groups in total. The zero-order chi connectivity index (χ0) is 19.9. The van der Waals surface area contributed by atoms with E-state index in [1.807, 2.05) is 16.0 Å². The molecule has 3 aromatic rings. The molecule has 6 nitrogen and oxygen atoms in total. The first-order valence-corrected chi connectivity index (χ1v) is 10.7. The van der Waals surface area contributed by atoms with Gasteiger partial charge in [0.25, 0.3) is 0 Å². The second-order valence-corrected chi connectivity index (χ2v) is 8.15. The summed E-state index contributed by atoms with van der Waals surface area (Å²) in [5.41, 5.74) is 0.534. The standard InChI is InChI=1S/C19H19ClN4O2S2/c1-3-8-24-17(11-14-5-4-9-27-14)22-23-19(24)28-12-18(25)21-15-10-13(20)6-7-16(15)26-2/h3-7,9-10H,1,8,11-12H2,2H3,(H,21,25). The van der Waals surface area contributed by atoms with Crippen LogP contribution in [0.5, 0.6) is 5.75 Å². The van der Waals surface area contributed by atoms with Crippen LogP contribution in [-0.4, -0.2) is 33.5 Å². The maximum absolute atomic E-state index is 12.4. The number of thioether (sulfide) groups is 1. The zero-order valence-corrected chi connectivity index (χ0v) is 17.6. The van der Waals surface area contributed by atoms with Crippen LogP contribution in [0.3, 0.4) is 0 Å². The highest BCUT2D eigenvalue weighted by Gasteiger charge is 2.15. The summed E-state index contributed by atoms with van der Waals surface area (Å²) < 4.78 is 7.23. The number of aromatic nitrogens is 3. The summed E-state index contributed by atoms with van der Waals surface area (Å²) in [4.78, 5) is 13.6. The van der Waals surface area contributed by atoms with Gasteiger partial charge in [-0.15, -0.1) is 28.1 Å². The van der Waals surface area contributed by atoms with Gasteiger partial charge in [0.05, 0.1) is 18.6 Å². The second-order valence-electron chi connectivity index (χ2n) is 5.74. The van der Waals surface area contributed by atoms with Gasteiger partial charge in [-0.25, -0.2) is 0 Å². The Kier molecular flexibility index (Phi) is 7.13. The molecule has 0 aliphatic rings. The molecule has 0 fully saturated rings. The number of rotatable bonds is 9. The Morgan fingerprint density at radius 3 is 3.00 bits per heavy atom. The van der Waals surface area contributed by atoms with Crippen LogP contribution in [0.2, 0.25) is 5.02 Å². The van der Waals surface area contributed by atoms with Crippen LogP contribution < -0.4 is 10.1 Å². The summed E-state index contributed by atoms with van der Waals surface area (Å²) in [7, 11) is 1.54. The number of allylic oxidation sites excluding steroid dienone is 1. The number of thiophene rings is 1. The Morgan fingerprint density at radius 1 is 1.43 bits per heavy atom. The molecule has 0 spiro atoms. The van der Waals surface area contributed by atoms with E-state index in [2.05, 4.69) is 28.2 Å². The Balaban J connectivity index is 1.67. The molecule has 9 heteroatoms. The first kappa shape index (κ1) is 20.4. The minimum atomic E-state index is -0.182. The van der Waals surface area contributed by atoms with Gasteiger partial charge >= 0.3 is 0 Å². The van der Waals surface area contributed by atoms with Gasteiger partial charge in [-0.3, -0.25) is 4.79 Å². The van der Waals surface area contributed by atoms with E-state index in [-0.39, 0.29) is 11.7 Å². The van der Waals surface area contributed by atoms with Gasteiger partial charge < -0.3 is 14.6 Å². The summed E-state index contributed by atoms with van der Waals surface area (Å²) in [5, 5.41) is 14.6. The van der Waals surface area contributed by atoms with E-state index < -0.39 is 0 Å². The van der Waals surface area contributed by atoms with Crippen LogP contribution in [0.25, 0.3) is 0 Å². The molecule has 0 atom stereocenters. The molecular formula is C19H19ClN4O2S2. The van der Waals surface area contributed by atoms with Gasteiger partial charge in [0.15, 0.2) is 5.16 Å². The molecule has 0 bridgehead atoms. The third-order valence-corrected chi connectivity index (χ3v) is 5.86. The van der Waals surface area contributed by atoms with Crippen LogP contribution in [0.4, 0.5) is 5.69 Å². The molecule has 2 heterocycles. The van der Waals surface area contributed by atoms with E-state index in [4.69, 9.17) is 16.3 Å². The number of carbonyl (C=O) groups is 1. The van der Waals surface area contributed by atoms with Crippen LogP contribution >= 0.6 is 34.7 Å². The minimum Gasteiger partial charge on any atom is -0.495 e. The Hall–Kier alpha value is -2.29. The fraction of sp³-hybridized carbons (Fsp3) is 0.211. The van der Waals surface area contributed by atoms with E-state index in [1.165, 1.54) is 16.6 Å². The summed E-state index contributed by atoms with van der Waals surface area (Å²) in [6.45, 7) is 4.39. The quantitative estimate of drug-likeness (QED) is 0.396. The number of carbonyl (C=O) groups excluding carboxylic acids is 1. The van der Waals surface area contributed by atoms with Crippen molar-refractivity contribution in [2.75, 3.05) is 18.2 Å². The molecule has 0 saturated heterocycles. The maximum atomic E-state index is 12.4. The van der Waals surface area contributed by atoms with Crippen molar-refractivity contribution in [2.45, 2.75) is 18.1 Å². The van der Waals surface area contributed by atoms with Crippen molar-refractivity contribution in [3.05, 3.63) is 64.1 Å². The Morgan fingerprint density at radius 2 is 2.29 bits per heavy atom. The van der Waals surface area contributed by atoms with E-state index >= 15 is 0 Å². The number of ether oxygens (including phenoxy) is 1. The topological polar surface area (TPSA) is 69.0 Å². The molecule has 3 rings (SSSR count). The monoisotopic (exact) mass is 434 g/mol. The normalized spacial score (nSPS) is 10.6. The number of hydrogen-bond donors (Lipinski definition) is 1. The third-order valence-electron chi connectivity index (χ3n) is 3.79. The molecule has 1 aromatic carbocycles. The predicted octanol–water partition coefficient (Wildman–Crippen LogP) is 4.51. The molecule has 1 amide bonds. The number of nitrogens with one attached hydrogen (secondary N) is 1. The first-order chi connectivity index (χ1) is 13.6. The van der Waals surface area contributed by atoms with E-state index in [0.29, 0.717) is 34.6 Å². The smallest absolute Gasteiger partial charge is 0.234 e. The molecule has 0 radical (unpaired) electrons. The zero-order valence-electron chi connectivity index (χ0n) is 15.2. The van der Waals surface area contributed by atoms with Gasteiger partial charge in [0, 0.05) is 22.9 Å². The highest BCUT2D eigenvalue weighted by Crippen LogP contribution is 2.28. The van der Waals surface area contributed by atoms with Crippen molar-refractivity contribution in [3.63, 3.8) is 0 Å². The minimum absolute atomic E-state index is 0.182. The van der Waals surface area contributed by atoms with Gasteiger partial charge in [-0.05, 0) is 29.6 Å². The highest BCUT2D eigenvalue weighted by molar-refractivity contribution is 7.99. The van der Waals surface area contributed by atoms with Gasteiger partial charge in [-0.1, -0.05) is 35.5 Å². The number of anilines is 1. The Labute approximate surface area is 176 Å². The maximum Gasteiger partial charge on any atom is 0.234 e. The molecule has 0 saturated carbocycles. The molecule has 146 valence electrons. The first-order valence-electron chi connectivity index (χ1n) is 8.42. The average molecular weight is 435 g/mol. The van der Waals surface area contributed by atoms with E-state index in [1.54, 1.807) is 42.7 Å². The fourth-order valence-corrected chi connectivity index (χ4v) is 4.17. The summed E-state index contributed by atoms with van der Waals surface area (Å²) in [6, 6.07) is 9.15. The molecule has 0 unspecified atom stereocenters. The van der Waals surface area contributed by atoms with Crippen molar-refractivity contribution in [1.82, 2.24) is 14.8 Å². The molecule has 28 heavy (non-hydrogen) atoms. The summed E-state index contributed by atoms with van der Waals surface area (Å²) in [6.07, 6.45) is 2.49. The van der Waals surface area contributed by atoms with E-state index in [0.717, 1.165) is 5.82 Å².